The largest absolute Gasteiger partial charge is 0.359 e. The smallest absolute Gasteiger partial charge is 0.296 e. The summed E-state index contributed by atoms with van der Waals surface area (Å²) in [6, 6.07) is 0. The number of carbonyl (C=O) groups excluding carboxylic acids is 2. The summed E-state index contributed by atoms with van der Waals surface area (Å²) in [6.45, 7) is 8.42. The van der Waals surface area contributed by atoms with Gasteiger partial charge in [-0.1, -0.05) is 32.9 Å². The fourth-order valence-electron chi connectivity index (χ4n) is 1.23. The predicted octanol–water partition coefficient (Wildman–Crippen LogP) is 2.42. The van der Waals surface area contributed by atoms with Crippen LogP contribution >= 0.6 is 0 Å². The Labute approximate surface area is 106 Å². The highest BCUT2D eigenvalue weighted by Gasteiger charge is 2.25. The fraction of sp³-hybridized carbons (Fsp3) is 0.500. The number of unbranched alkanes of at least 4 members (excludes halogenated alkanes) is 1. The Hall–Kier alpha value is -1.98. The van der Waals surface area contributed by atoms with Crippen molar-refractivity contribution < 1.29 is 29.1 Å². The molecule has 0 bridgehead atoms. The van der Waals surface area contributed by atoms with Crippen molar-refractivity contribution >= 4 is 11.9 Å². The Kier molecular flexibility index (Phi) is 9.07. The van der Waals surface area contributed by atoms with Crippen molar-refractivity contribution in [2.24, 2.45) is 5.92 Å². The number of hydrogen-bond acceptors (Lipinski definition) is 6. The first-order valence-electron chi connectivity index (χ1n) is 5.60. The van der Waals surface area contributed by atoms with Crippen molar-refractivity contribution in [2.75, 3.05) is 0 Å². The molecule has 0 N–H and O–H groups in total. The Morgan fingerprint density at radius 1 is 1.17 bits per heavy atom. The molecule has 0 aromatic heterocycles. The lowest BCUT2D eigenvalue weighted by molar-refractivity contribution is -0.249. The minimum absolute atomic E-state index is 0.146. The predicted molar refractivity (Wildman–Crippen MR) is 62.4 cm³/mol. The topological polar surface area (TPSA) is 71.1 Å². The van der Waals surface area contributed by atoms with Crippen LogP contribution in [-0.2, 0) is 29.1 Å². The number of carbonyl (C=O) groups is 2. The third kappa shape index (κ3) is 7.32. The van der Waals surface area contributed by atoms with Gasteiger partial charge in [0.15, 0.2) is 0 Å². The summed E-state index contributed by atoms with van der Waals surface area (Å²) in [5.74, 6) is -1.95. The lowest BCUT2D eigenvalue weighted by Crippen LogP contribution is -2.21. The standard InChI is InChI=1S/C12H18O6/c1-4-7-8-10(12(14)18-16-6-3)9-11(13)17-15-5-2/h5-6,10H,2-4,7-9H2,1H3. The fourth-order valence-corrected chi connectivity index (χ4v) is 1.23. The van der Waals surface area contributed by atoms with Crippen LogP contribution in [0.15, 0.2) is 25.7 Å². The molecule has 1 atom stereocenters. The van der Waals surface area contributed by atoms with Crippen LogP contribution < -0.4 is 0 Å². The average Bonchev–Trinajstić information content (AvgIpc) is 2.38. The first-order chi connectivity index (χ1) is 8.65. The second-order valence-corrected chi connectivity index (χ2v) is 3.43. The number of rotatable bonds is 10. The van der Waals surface area contributed by atoms with Crippen LogP contribution in [0.3, 0.4) is 0 Å². The van der Waals surface area contributed by atoms with Crippen LogP contribution in [0.5, 0.6) is 0 Å². The van der Waals surface area contributed by atoms with E-state index in [1.165, 1.54) is 0 Å². The third-order valence-corrected chi connectivity index (χ3v) is 2.06. The Morgan fingerprint density at radius 3 is 2.33 bits per heavy atom. The summed E-state index contributed by atoms with van der Waals surface area (Å²) >= 11 is 0. The third-order valence-electron chi connectivity index (χ3n) is 2.06. The van der Waals surface area contributed by atoms with E-state index in [1.807, 2.05) is 6.92 Å². The zero-order chi connectivity index (χ0) is 13.8. The van der Waals surface area contributed by atoms with Crippen molar-refractivity contribution in [3.8, 4) is 0 Å². The molecular formula is C12H18O6. The summed E-state index contributed by atoms with van der Waals surface area (Å²) in [6.07, 6.45) is 3.98. The molecule has 0 saturated heterocycles. The van der Waals surface area contributed by atoms with Gasteiger partial charge < -0.3 is 0 Å². The Balaban J connectivity index is 4.27. The van der Waals surface area contributed by atoms with E-state index in [0.29, 0.717) is 6.42 Å². The minimum atomic E-state index is -0.674. The highest BCUT2D eigenvalue weighted by Crippen LogP contribution is 2.16. The van der Waals surface area contributed by atoms with Gasteiger partial charge in [0.1, 0.15) is 12.5 Å². The molecule has 18 heavy (non-hydrogen) atoms. The van der Waals surface area contributed by atoms with Crippen molar-refractivity contribution in [1.29, 1.82) is 0 Å². The van der Waals surface area contributed by atoms with Crippen LogP contribution in [0.1, 0.15) is 32.6 Å². The molecule has 0 aliphatic heterocycles. The van der Waals surface area contributed by atoms with E-state index >= 15 is 0 Å². The van der Waals surface area contributed by atoms with E-state index in [1.54, 1.807) is 0 Å². The summed E-state index contributed by atoms with van der Waals surface area (Å²) < 4.78 is 0. The zero-order valence-electron chi connectivity index (χ0n) is 10.4. The van der Waals surface area contributed by atoms with E-state index < -0.39 is 17.9 Å². The van der Waals surface area contributed by atoms with Crippen LogP contribution in [0.4, 0.5) is 0 Å². The Morgan fingerprint density at radius 2 is 1.78 bits per heavy atom. The number of hydrogen-bond donors (Lipinski definition) is 0. The average molecular weight is 258 g/mol. The van der Waals surface area contributed by atoms with Crippen molar-refractivity contribution in [1.82, 2.24) is 0 Å². The molecular weight excluding hydrogens is 240 g/mol. The normalized spacial score (nSPS) is 10.9. The lowest BCUT2D eigenvalue weighted by atomic mass is 9.99. The van der Waals surface area contributed by atoms with Gasteiger partial charge in [-0.25, -0.2) is 9.59 Å². The van der Waals surface area contributed by atoms with E-state index in [4.69, 9.17) is 0 Å². The van der Waals surface area contributed by atoms with Gasteiger partial charge in [-0.05, 0) is 6.42 Å². The lowest BCUT2D eigenvalue weighted by Gasteiger charge is -2.12. The second kappa shape index (κ2) is 10.2. The molecule has 0 aliphatic rings. The van der Waals surface area contributed by atoms with Gasteiger partial charge in [-0.15, -0.1) is 0 Å². The van der Waals surface area contributed by atoms with E-state index in [-0.39, 0.29) is 6.42 Å². The Bertz CT molecular complexity index is 286. The SMILES string of the molecule is C=COOC(=O)CC(CCCC)C(=O)OOC=C. The van der Waals surface area contributed by atoms with Gasteiger partial charge in [0.25, 0.3) is 0 Å². The van der Waals surface area contributed by atoms with E-state index in [9.17, 15) is 9.59 Å². The van der Waals surface area contributed by atoms with Gasteiger partial charge in [0, 0.05) is 0 Å². The molecule has 0 saturated carbocycles. The minimum Gasteiger partial charge on any atom is -0.296 e. The summed E-state index contributed by atoms with van der Waals surface area (Å²) in [4.78, 5) is 40.2. The molecule has 0 aromatic carbocycles. The highest BCUT2D eigenvalue weighted by atomic mass is 17.2. The van der Waals surface area contributed by atoms with Crippen molar-refractivity contribution in [3.05, 3.63) is 25.7 Å². The van der Waals surface area contributed by atoms with Crippen molar-refractivity contribution in [3.63, 3.8) is 0 Å². The maximum absolute atomic E-state index is 11.6. The highest BCUT2D eigenvalue weighted by molar-refractivity contribution is 5.79. The van der Waals surface area contributed by atoms with E-state index in [0.717, 1.165) is 25.4 Å². The molecule has 0 aromatic rings. The summed E-state index contributed by atoms with van der Waals surface area (Å²) in [5, 5.41) is 0. The second-order valence-electron chi connectivity index (χ2n) is 3.43. The molecule has 0 spiro atoms. The van der Waals surface area contributed by atoms with Crippen LogP contribution in [0.2, 0.25) is 0 Å². The molecule has 0 fully saturated rings. The maximum Gasteiger partial charge on any atom is 0.359 e. The monoisotopic (exact) mass is 258 g/mol. The molecule has 1 unspecified atom stereocenters. The van der Waals surface area contributed by atoms with Gasteiger partial charge in [-0.2, -0.15) is 0 Å². The molecule has 0 heterocycles. The molecule has 0 aliphatic carbocycles. The van der Waals surface area contributed by atoms with Crippen molar-refractivity contribution in [2.45, 2.75) is 32.6 Å². The molecule has 6 nitrogen and oxygen atoms in total. The maximum atomic E-state index is 11.6. The van der Waals surface area contributed by atoms with Gasteiger partial charge in [-0.3, -0.25) is 19.6 Å². The van der Waals surface area contributed by atoms with Crippen LogP contribution in [0.25, 0.3) is 0 Å². The van der Waals surface area contributed by atoms with E-state index in [2.05, 4.69) is 32.7 Å². The van der Waals surface area contributed by atoms with Gasteiger partial charge in [0.05, 0.1) is 12.3 Å². The van der Waals surface area contributed by atoms with Crippen LogP contribution in [0, 0.1) is 5.92 Å². The molecule has 102 valence electrons. The molecule has 0 radical (unpaired) electrons. The van der Waals surface area contributed by atoms with Crippen LogP contribution in [-0.4, -0.2) is 11.9 Å². The molecule has 6 heteroatoms. The first-order valence-corrected chi connectivity index (χ1v) is 5.60. The van der Waals surface area contributed by atoms with Gasteiger partial charge >= 0.3 is 11.9 Å². The summed E-state index contributed by atoms with van der Waals surface area (Å²) in [5.41, 5.74) is 0. The molecule has 0 amide bonds. The first kappa shape index (κ1) is 16.0. The van der Waals surface area contributed by atoms with Gasteiger partial charge in [0.2, 0.25) is 0 Å². The molecule has 0 rings (SSSR count). The summed E-state index contributed by atoms with van der Waals surface area (Å²) in [7, 11) is 0. The zero-order valence-corrected chi connectivity index (χ0v) is 10.4. The quantitative estimate of drug-likeness (QED) is 0.340.